The van der Waals surface area contributed by atoms with Crippen LogP contribution in [-0.4, -0.2) is 27.8 Å². The fourth-order valence-electron chi connectivity index (χ4n) is 1.75. The average Bonchev–Trinajstić information content (AvgIpc) is 2.53. The molecule has 0 amide bonds. The zero-order chi connectivity index (χ0) is 15.1. The molecule has 2 N–H and O–H groups in total. The number of hydrogen-bond donors (Lipinski definition) is 2. The van der Waals surface area contributed by atoms with Gasteiger partial charge in [-0.15, -0.1) is 11.8 Å². The van der Waals surface area contributed by atoms with Gasteiger partial charge in [0.2, 0.25) is 10.0 Å². The number of nitrogens with one attached hydrogen (secondary N) is 2. The Morgan fingerprint density at radius 1 is 1.00 bits per heavy atom. The van der Waals surface area contributed by atoms with E-state index in [1.807, 2.05) is 18.2 Å². The molecule has 0 radical (unpaired) electrons. The first-order chi connectivity index (χ1) is 10.1. The molecular formula is C15H18N2O2S2. The Kier molecular flexibility index (Phi) is 5.67. The van der Waals surface area contributed by atoms with E-state index in [-0.39, 0.29) is 4.90 Å². The van der Waals surface area contributed by atoms with E-state index in [1.54, 1.807) is 36.0 Å². The average molecular weight is 322 g/mol. The number of anilines is 1. The third-order valence-corrected chi connectivity index (χ3v) is 5.32. The molecule has 0 aromatic heterocycles. The molecule has 0 unspecified atom stereocenters. The van der Waals surface area contributed by atoms with Gasteiger partial charge in [-0.2, -0.15) is 0 Å². The summed E-state index contributed by atoms with van der Waals surface area (Å²) in [6, 6.07) is 17.0. The summed E-state index contributed by atoms with van der Waals surface area (Å²) in [5.74, 6) is 0.945. The van der Waals surface area contributed by atoms with Crippen LogP contribution in [0.15, 0.2) is 64.4 Å². The van der Waals surface area contributed by atoms with Crippen molar-refractivity contribution in [2.45, 2.75) is 9.79 Å². The van der Waals surface area contributed by atoms with Gasteiger partial charge in [0.05, 0.1) is 4.90 Å². The fourth-order valence-corrected chi connectivity index (χ4v) is 3.27. The van der Waals surface area contributed by atoms with Crippen LogP contribution in [0.25, 0.3) is 0 Å². The van der Waals surface area contributed by atoms with Crippen molar-refractivity contribution < 1.29 is 8.42 Å². The standard InChI is InChI=1S/C15H18N2O2S2/c1-16-21(18,19)15-9-7-13(8-10-15)17-11-12-20-14-5-3-2-4-6-14/h2-10,16-17H,11-12H2,1H3. The lowest BCUT2D eigenvalue weighted by Crippen LogP contribution is -2.18. The van der Waals surface area contributed by atoms with Gasteiger partial charge < -0.3 is 5.32 Å². The van der Waals surface area contributed by atoms with E-state index in [2.05, 4.69) is 22.2 Å². The molecule has 0 bridgehead atoms. The van der Waals surface area contributed by atoms with Gasteiger partial charge in [0.1, 0.15) is 0 Å². The molecule has 2 aromatic carbocycles. The molecule has 2 rings (SSSR count). The van der Waals surface area contributed by atoms with Crippen molar-refractivity contribution in [2.24, 2.45) is 0 Å². The van der Waals surface area contributed by atoms with Crippen molar-refractivity contribution in [3.05, 3.63) is 54.6 Å². The number of hydrogen-bond acceptors (Lipinski definition) is 4. The van der Waals surface area contributed by atoms with Crippen LogP contribution < -0.4 is 10.0 Å². The third kappa shape index (κ3) is 4.77. The molecule has 0 aliphatic rings. The van der Waals surface area contributed by atoms with Gasteiger partial charge in [-0.25, -0.2) is 13.1 Å². The minimum absolute atomic E-state index is 0.272. The summed E-state index contributed by atoms with van der Waals surface area (Å²) in [6.07, 6.45) is 0. The zero-order valence-corrected chi connectivity index (χ0v) is 13.4. The van der Waals surface area contributed by atoms with E-state index in [0.717, 1.165) is 18.0 Å². The van der Waals surface area contributed by atoms with Crippen LogP contribution in [0.5, 0.6) is 0 Å². The molecule has 0 saturated heterocycles. The summed E-state index contributed by atoms with van der Waals surface area (Å²) in [5, 5.41) is 3.28. The Labute approximate surface area is 130 Å². The van der Waals surface area contributed by atoms with Gasteiger partial charge in [0.15, 0.2) is 0 Å². The minimum atomic E-state index is -3.36. The van der Waals surface area contributed by atoms with E-state index >= 15 is 0 Å². The predicted octanol–water partition coefficient (Wildman–Crippen LogP) is 2.80. The van der Waals surface area contributed by atoms with Crippen LogP contribution in [-0.2, 0) is 10.0 Å². The molecule has 0 aliphatic heterocycles. The van der Waals surface area contributed by atoms with Gasteiger partial charge in [0.25, 0.3) is 0 Å². The maximum atomic E-state index is 11.6. The summed E-state index contributed by atoms with van der Waals surface area (Å²) in [5.41, 5.74) is 0.915. The highest BCUT2D eigenvalue weighted by atomic mass is 32.2. The molecule has 0 heterocycles. The Morgan fingerprint density at radius 3 is 2.29 bits per heavy atom. The van der Waals surface area contributed by atoms with Crippen LogP contribution in [0, 0.1) is 0 Å². The predicted molar refractivity (Wildman–Crippen MR) is 88.3 cm³/mol. The van der Waals surface area contributed by atoms with Crippen molar-refractivity contribution in [3.63, 3.8) is 0 Å². The van der Waals surface area contributed by atoms with Gasteiger partial charge in [-0.05, 0) is 43.4 Å². The van der Waals surface area contributed by atoms with Gasteiger partial charge in [0, 0.05) is 22.9 Å². The van der Waals surface area contributed by atoms with Crippen molar-refractivity contribution >= 4 is 27.5 Å². The molecule has 21 heavy (non-hydrogen) atoms. The number of rotatable bonds is 7. The summed E-state index contributed by atoms with van der Waals surface area (Å²) < 4.78 is 25.5. The lowest BCUT2D eigenvalue weighted by Gasteiger charge is -2.07. The smallest absolute Gasteiger partial charge is 0.240 e. The largest absolute Gasteiger partial charge is 0.384 e. The fraction of sp³-hybridized carbons (Fsp3) is 0.200. The quantitative estimate of drug-likeness (QED) is 0.608. The van der Waals surface area contributed by atoms with Crippen LogP contribution in [0.3, 0.4) is 0 Å². The van der Waals surface area contributed by atoms with Crippen molar-refractivity contribution in [1.82, 2.24) is 4.72 Å². The van der Waals surface area contributed by atoms with E-state index in [9.17, 15) is 8.42 Å². The van der Waals surface area contributed by atoms with E-state index < -0.39 is 10.0 Å². The molecule has 4 nitrogen and oxygen atoms in total. The van der Waals surface area contributed by atoms with Crippen molar-refractivity contribution in [2.75, 3.05) is 24.7 Å². The number of thioether (sulfide) groups is 1. The molecular weight excluding hydrogens is 304 g/mol. The third-order valence-electron chi connectivity index (χ3n) is 2.88. The van der Waals surface area contributed by atoms with Gasteiger partial charge in [-0.3, -0.25) is 0 Å². The van der Waals surface area contributed by atoms with Crippen LogP contribution in [0.4, 0.5) is 5.69 Å². The molecule has 2 aromatic rings. The summed E-state index contributed by atoms with van der Waals surface area (Å²) in [6.45, 7) is 0.817. The Morgan fingerprint density at radius 2 is 1.67 bits per heavy atom. The highest BCUT2D eigenvalue weighted by Gasteiger charge is 2.09. The molecule has 112 valence electrons. The normalized spacial score (nSPS) is 11.3. The number of sulfonamides is 1. The second-order valence-electron chi connectivity index (χ2n) is 4.32. The second-order valence-corrected chi connectivity index (χ2v) is 7.38. The maximum Gasteiger partial charge on any atom is 0.240 e. The van der Waals surface area contributed by atoms with Crippen molar-refractivity contribution in [3.8, 4) is 0 Å². The molecule has 0 spiro atoms. The molecule has 0 saturated carbocycles. The van der Waals surface area contributed by atoms with E-state index in [0.29, 0.717) is 0 Å². The zero-order valence-electron chi connectivity index (χ0n) is 11.7. The first kappa shape index (κ1) is 15.9. The van der Waals surface area contributed by atoms with Crippen molar-refractivity contribution in [1.29, 1.82) is 0 Å². The lowest BCUT2D eigenvalue weighted by atomic mass is 10.3. The molecule has 0 aliphatic carbocycles. The number of benzene rings is 2. The summed E-state index contributed by atoms with van der Waals surface area (Å²) in [4.78, 5) is 1.52. The highest BCUT2D eigenvalue weighted by Crippen LogP contribution is 2.17. The maximum absolute atomic E-state index is 11.6. The lowest BCUT2D eigenvalue weighted by molar-refractivity contribution is 0.588. The van der Waals surface area contributed by atoms with E-state index in [4.69, 9.17) is 0 Å². The topological polar surface area (TPSA) is 58.2 Å². The van der Waals surface area contributed by atoms with Crippen LogP contribution >= 0.6 is 11.8 Å². The molecule has 0 atom stereocenters. The monoisotopic (exact) mass is 322 g/mol. The molecule has 6 heteroatoms. The minimum Gasteiger partial charge on any atom is -0.384 e. The van der Waals surface area contributed by atoms with Gasteiger partial charge in [-0.1, -0.05) is 18.2 Å². The summed E-state index contributed by atoms with van der Waals surface area (Å²) >= 11 is 1.78. The Hall–Kier alpha value is -1.50. The second kappa shape index (κ2) is 7.49. The Balaban J connectivity index is 1.82. The Bertz CT molecular complexity index is 656. The SMILES string of the molecule is CNS(=O)(=O)c1ccc(NCCSc2ccccc2)cc1. The first-order valence-corrected chi connectivity index (χ1v) is 9.04. The summed E-state index contributed by atoms with van der Waals surface area (Å²) in [7, 11) is -1.95. The van der Waals surface area contributed by atoms with Gasteiger partial charge >= 0.3 is 0 Å². The highest BCUT2D eigenvalue weighted by molar-refractivity contribution is 7.99. The molecule has 0 fully saturated rings. The van der Waals surface area contributed by atoms with Crippen LogP contribution in [0.1, 0.15) is 0 Å². The van der Waals surface area contributed by atoms with Crippen LogP contribution in [0.2, 0.25) is 0 Å². The van der Waals surface area contributed by atoms with E-state index in [1.165, 1.54) is 11.9 Å². The first-order valence-electron chi connectivity index (χ1n) is 6.57.